The smallest absolute Gasteiger partial charge is 0.135 e. The van der Waals surface area contributed by atoms with Gasteiger partial charge in [-0.3, -0.25) is 0 Å². The van der Waals surface area contributed by atoms with Gasteiger partial charge in [-0.25, -0.2) is 0 Å². The van der Waals surface area contributed by atoms with Crippen LogP contribution >= 0.6 is 0 Å². The predicted molar refractivity (Wildman–Crippen MR) is 229 cm³/mol. The number of rotatable bonds is 6. The van der Waals surface area contributed by atoms with E-state index in [0.717, 1.165) is 50.1 Å². The molecule has 0 amide bonds. The van der Waals surface area contributed by atoms with Gasteiger partial charge in [0.05, 0.1) is 5.41 Å². The summed E-state index contributed by atoms with van der Waals surface area (Å²) in [4.78, 5) is 2.40. The highest BCUT2D eigenvalue weighted by atomic mass is 16.3. The lowest BCUT2D eigenvalue weighted by atomic mass is 9.67. The molecule has 0 N–H and O–H groups in total. The first-order valence-electron chi connectivity index (χ1n) is 18.9. The van der Waals surface area contributed by atoms with E-state index in [1.54, 1.807) is 0 Å². The summed E-state index contributed by atoms with van der Waals surface area (Å²) >= 11 is 0. The van der Waals surface area contributed by atoms with E-state index in [1.165, 1.54) is 44.2 Å². The molecule has 2 heteroatoms. The average molecular weight is 702 g/mol. The van der Waals surface area contributed by atoms with Crippen LogP contribution in [0.1, 0.15) is 22.3 Å². The van der Waals surface area contributed by atoms with Gasteiger partial charge in [0.1, 0.15) is 11.2 Å². The van der Waals surface area contributed by atoms with Crippen molar-refractivity contribution in [3.8, 4) is 22.3 Å². The molecule has 1 aliphatic carbocycles. The van der Waals surface area contributed by atoms with E-state index in [-0.39, 0.29) is 0 Å². The molecule has 2 nitrogen and oxygen atoms in total. The van der Waals surface area contributed by atoms with Crippen LogP contribution in [-0.2, 0) is 5.41 Å². The largest absolute Gasteiger partial charge is 0.456 e. The van der Waals surface area contributed by atoms with Crippen LogP contribution in [0.15, 0.2) is 217 Å². The molecule has 0 atom stereocenters. The van der Waals surface area contributed by atoms with Crippen molar-refractivity contribution in [2.24, 2.45) is 0 Å². The summed E-state index contributed by atoms with van der Waals surface area (Å²) in [5.74, 6) is 0. The summed E-state index contributed by atoms with van der Waals surface area (Å²) in [5, 5.41) is 4.70. The van der Waals surface area contributed by atoms with Crippen molar-refractivity contribution in [1.29, 1.82) is 0 Å². The summed E-state index contributed by atoms with van der Waals surface area (Å²) < 4.78 is 6.14. The Morgan fingerprint density at radius 1 is 0.345 bits per heavy atom. The van der Waals surface area contributed by atoms with Crippen molar-refractivity contribution in [3.05, 3.63) is 235 Å². The summed E-state index contributed by atoms with van der Waals surface area (Å²) in [6.45, 7) is 0. The number of benzene rings is 9. The van der Waals surface area contributed by atoms with E-state index in [2.05, 4.69) is 205 Å². The van der Waals surface area contributed by atoms with Gasteiger partial charge in [-0.2, -0.15) is 0 Å². The van der Waals surface area contributed by atoms with Crippen LogP contribution in [-0.4, -0.2) is 0 Å². The van der Waals surface area contributed by atoms with Gasteiger partial charge < -0.3 is 9.32 Å². The third-order valence-corrected chi connectivity index (χ3v) is 11.5. The maximum atomic E-state index is 6.14. The minimum absolute atomic E-state index is 0.487. The Kier molecular flexibility index (Phi) is 7.11. The minimum Gasteiger partial charge on any atom is -0.456 e. The van der Waals surface area contributed by atoms with Gasteiger partial charge in [-0.1, -0.05) is 158 Å². The third kappa shape index (κ3) is 4.89. The van der Waals surface area contributed by atoms with Gasteiger partial charge in [-0.15, -0.1) is 0 Å². The zero-order valence-corrected chi connectivity index (χ0v) is 30.1. The van der Waals surface area contributed by atoms with Crippen LogP contribution in [0.5, 0.6) is 0 Å². The van der Waals surface area contributed by atoms with Crippen molar-refractivity contribution < 1.29 is 4.42 Å². The summed E-state index contributed by atoms with van der Waals surface area (Å²) in [6, 6.07) is 77.2. The topological polar surface area (TPSA) is 16.4 Å². The van der Waals surface area contributed by atoms with E-state index >= 15 is 0 Å². The molecule has 0 bridgehead atoms. The lowest BCUT2D eigenvalue weighted by Gasteiger charge is -2.35. The zero-order chi connectivity index (χ0) is 36.3. The molecule has 0 aliphatic heterocycles. The molecule has 1 aromatic heterocycles. The third-order valence-electron chi connectivity index (χ3n) is 11.5. The van der Waals surface area contributed by atoms with Gasteiger partial charge in [0, 0.05) is 27.8 Å². The van der Waals surface area contributed by atoms with E-state index in [0.29, 0.717) is 0 Å². The second-order valence-corrected chi connectivity index (χ2v) is 14.5. The van der Waals surface area contributed by atoms with Gasteiger partial charge in [-0.05, 0) is 110 Å². The molecule has 11 rings (SSSR count). The average Bonchev–Trinajstić information content (AvgIpc) is 3.78. The maximum absolute atomic E-state index is 6.14. The maximum Gasteiger partial charge on any atom is 0.135 e. The van der Waals surface area contributed by atoms with Gasteiger partial charge in [0.15, 0.2) is 0 Å². The number of furan rings is 1. The fourth-order valence-electron chi connectivity index (χ4n) is 9.06. The Balaban J connectivity index is 1.09. The van der Waals surface area contributed by atoms with Crippen molar-refractivity contribution >= 4 is 49.8 Å². The fraction of sp³-hybridized carbons (Fsp3) is 0.0189. The first-order chi connectivity index (χ1) is 27.3. The number of para-hydroxylation sites is 1. The molecule has 0 saturated heterocycles. The normalized spacial score (nSPS) is 12.9. The highest BCUT2D eigenvalue weighted by Gasteiger charge is 2.46. The molecule has 0 fully saturated rings. The van der Waals surface area contributed by atoms with Crippen molar-refractivity contribution in [2.45, 2.75) is 5.41 Å². The molecule has 1 aliphatic rings. The van der Waals surface area contributed by atoms with Crippen molar-refractivity contribution in [3.63, 3.8) is 0 Å². The molecular weight excluding hydrogens is 667 g/mol. The Morgan fingerprint density at radius 2 is 0.945 bits per heavy atom. The zero-order valence-electron chi connectivity index (χ0n) is 30.1. The van der Waals surface area contributed by atoms with Crippen LogP contribution in [0.3, 0.4) is 0 Å². The Hall–Kier alpha value is -7.16. The highest BCUT2D eigenvalue weighted by molar-refractivity contribution is 6.06. The lowest BCUT2D eigenvalue weighted by Crippen LogP contribution is -2.28. The minimum atomic E-state index is -0.487. The molecule has 0 unspecified atom stereocenters. The van der Waals surface area contributed by atoms with E-state index in [4.69, 9.17) is 4.42 Å². The molecular formula is C53H35NO. The Labute approximate surface area is 320 Å². The van der Waals surface area contributed by atoms with E-state index in [9.17, 15) is 0 Å². The summed E-state index contributed by atoms with van der Waals surface area (Å²) in [6.07, 6.45) is 0. The van der Waals surface area contributed by atoms with Gasteiger partial charge in [0.2, 0.25) is 0 Å². The summed E-state index contributed by atoms with van der Waals surface area (Å²) in [7, 11) is 0. The van der Waals surface area contributed by atoms with E-state index in [1.807, 2.05) is 12.1 Å². The van der Waals surface area contributed by atoms with Gasteiger partial charge >= 0.3 is 0 Å². The number of nitrogens with zero attached hydrogens (tertiary/aromatic N) is 1. The molecule has 0 radical (unpaired) electrons. The SMILES string of the molecule is c1ccc(C2(c3cccc(N(c4ccc(-c5ccc6oc7ccccc7c6c5)cc4)c4ccc5ccccc5c4)c3)c3ccccc3-c3ccccc32)cc1. The summed E-state index contributed by atoms with van der Waals surface area (Å²) in [5.41, 5.74) is 14.6. The molecule has 0 spiro atoms. The van der Waals surface area contributed by atoms with Crippen molar-refractivity contribution in [1.82, 2.24) is 0 Å². The van der Waals surface area contributed by atoms with Crippen LogP contribution in [0.25, 0.3) is 55.0 Å². The monoisotopic (exact) mass is 701 g/mol. The quantitative estimate of drug-likeness (QED) is 0.172. The molecule has 55 heavy (non-hydrogen) atoms. The van der Waals surface area contributed by atoms with Crippen molar-refractivity contribution in [2.75, 3.05) is 4.90 Å². The predicted octanol–water partition coefficient (Wildman–Crippen LogP) is 14.2. The first-order valence-corrected chi connectivity index (χ1v) is 18.9. The number of anilines is 3. The fourth-order valence-corrected chi connectivity index (χ4v) is 9.06. The molecule has 0 saturated carbocycles. The number of fused-ring (bicyclic) bond motifs is 7. The molecule has 1 heterocycles. The highest BCUT2D eigenvalue weighted by Crippen LogP contribution is 2.56. The molecule has 258 valence electrons. The second-order valence-electron chi connectivity index (χ2n) is 14.5. The Morgan fingerprint density at radius 3 is 1.75 bits per heavy atom. The van der Waals surface area contributed by atoms with Gasteiger partial charge in [0.25, 0.3) is 0 Å². The first kappa shape index (κ1) is 31.4. The molecule has 10 aromatic rings. The van der Waals surface area contributed by atoms with E-state index < -0.39 is 5.41 Å². The number of hydrogen-bond donors (Lipinski definition) is 0. The Bertz CT molecular complexity index is 3000. The lowest BCUT2D eigenvalue weighted by molar-refractivity contribution is 0.669. The standard InChI is InChI=1S/C53H35NO/c1-2-15-40(16-3-1)53(49-22-9-6-19-45(49)46-20-7-10-23-50(46)53)41-17-12-18-43(35-41)54(44-31-27-36-13-4-5-14-38(36)33-44)42-29-25-37(26-30-42)39-28-32-52-48(34-39)47-21-8-11-24-51(47)55-52/h1-35H. The number of hydrogen-bond acceptors (Lipinski definition) is 2. The van der Waals surface area contributed by atoms with Crippen LogP contribution < -0.4 is 4.90 Å². The van der Waals surface area contributed by atoms with Crippen LogP contribution in [0, 0.1) is 0 Å². The van der Waals surface area contributed by atoms with Crippen LogP contribution in [0.4, 0.5) is 17.1 Å². The van der Waals surface area contributed by atoms with Crippen LogP contribution in [0.2, 0.25) is 0 Å². The second kappa shape index (κ2) is 12.5. The molecule has 9 aromatic carbocycles.